The van der Waals surface area contributed by atoms with E-state index < -0.39 is 14.9 Å². The molecule has 0 aliphatic rings. The van der Waals surface area contributed by atoms with Crippen molar-refractivity contribution in [2.75, 3.05) is 12.4 Å². The second-order valence-electron chi connectivity index (χ2n) is 4.64. The van der Waals surface area contributed by atoms with E-state index in [2.05, 4.69) is 0 Å². The molecule has 21 heavy (non-hydrogen) atoms. The zero-order valence-corrected chi connectivity index (χ0v) is 13.1. The summed E-state index contributed by atoms with van der Waals surface area (Å²) < 4.78 is 27.7. The summed E-state index contributed by atoms with van der Waals surface area (Å²) in [6.07, 6.45) is 1.32. The van der Waals surface area contributed by atoms with Crippen LogP contribution in [-0.2, 0) is 10.0 Å². The molecule has 0 aromatic heterocycles. The fourth-order valence-corrected chi connectivity index (χ4v) is 3.08. The van der Waals surface area contributed by atoms with Crippen molar-refractivity contribution in [2.24, 2.45) is 11.1 Å². The summed E-state index contributed by atoms with van der Waals surface area (Å²) in [4.78, 5) is 10.3. The number of primary sulfonamides is 1. The SMILES string of the molecule is CCCC(COc1c(Cl)cccc1[N+](=O)[O-])CS(N)(=O)=O. The Morgan fingerprint density at radius 1 is 1.48 bits per heavy atom. The molecule has 118 valence electrons. The molecule has 0 saturated carbocycles. The molecule has 1 aromatic carbocycles. The predicted molar refractivity (Wildman–Crippen MR) is 80.0 cm³/mol. The van der Waals surface area contributed by atoms with E-state index in [1.54, 1.807) is 0 Å². The highest BCUT2D eigenvalue weighted by molar-refractivity contribution is 7.89. The smallest absolute Gasteiger partial charge is 0.312 e. The van der Waals surface area contributed by atoms with E-state index in [0.717, 1.165) is 6.42 Å². The van der Waals surface area contributed by atoms with Gasteiger partial charge < -0.3 is 4.74 Å². The first-order chi connectivity index (χ1) is 9.74. The van der Waals surface area contributed by atoms with E-state index in [0.29, 0.717) is 6.42 Å². The molecule has 0 spiro atoms. The number of nitrogens with zero attached hydrogens (tertiary/aromatic N) is 1. The molecular weight excluding hydrogens is 320 g/mol. The molecule has 0 heterocycles. The molecule has 9 heteroatoms. The van der Waals surface area contributed by atoms with Crippen LogP contribution >= 0.6 is 11.6 Å². The van der Waals surface area contributed by atoms with Crippen molar-refractivity contribution in [2.45, 2.75) is 19.8 Å². The molecule has 1 atom stereocenters. The van der Waals surface area contributed by atoms with Crippen LogP contribution in [0.5, 0.6) is 5.75 Å². The van der Waals surface area contributed by atoms with Crippen molar-refractivity contribution in [1.82, 2.24) is 0 Å². The number of nitro groups is 1. The van der Waals surface area contributed by atoms with Gasteiger partial charge in [0.15, 0.2) is 0 Å². The number of sulfonamides is 1. The van der Waals surface area contributed by atoms with Gasteiger partial charge in [0, 0.05) is 12.0 Å². The number of ether oxygens (including phenoxy) is 1. The summed E-state index contributed by atoms with van der Waals surface area (Å²) in [5.74, 6) is -0.639. The fourth-order valence-electron chi connectivity index (χ4n) is 1.94. The van der Waals surface area contributed by atoms with Crippen molar-refractivity contribution in [3.8, 4) is 5.75 Å². The normalized spacial score (nSPS) is 12.9. The van der Waals surface area contributed by atoms with Crippen LogP contribution < -0.4 is 9.88 Å². The van der Waals surface area contributed by atoms with Crippen LogP contribution in [-0.4, -0.2) is 25.7 Å². The van der Waals surface area contributed by atoms with Crippen molar-refractivity contribution >= 4 is 27.3 Å². The number of para-hydroxylation sites is 1. The number of benzene rings is 1. The lowest BCUT2D eigenvalue weighted by molar-refractivity contribution is -0.385. The first-order valence-corrected chi connectivity index (χ1v) is 8.40. The lowest BCUT2D eigenvalue weighted by Gasteiger charge is -2.16. The van der Waals surface area contributed by atoms with E-state index in [4.69, 9.17) is 21.5 Å². The van der Waals surface area contributed by atoms with Gasteiger partial charge in [-0.1, -0.05) is 31.0 Å². The Hall–Kier alpha value is -1.38. The molecule has 0 radical (unpaired) electrons. The molecular formula is C12H17ClN2O5S. The lowest BCUT2D eigenvalue weighted by atomic mass is 10.1. The Bertz CT molecular complexity index is 606. The molecule has 7 nitrogen and oxygen atoms in total. The molecule has 1 rings (SSSR count). The standard InChI is InChI=1S/C12H17ClN2O5S/c1-2-4-9(8-21(14,18)19)7-20-12-10(13)5-3-6-11(12)15(16)17/h3,5-6,9H,2,4,7-8H2,1H3,(H2,14,18,19). The molecule has 1 unspecified atom stereocenters. The minimum Gasteiger partial charge on any atom is -0.485 e. The average molecular weight is 337 g/mol. The lowest BCUT2D eigenvalue weighted by Crippen LogP contribution is -2.27. The zero-order valence-electron chi connectivity index (χ0n) is 11.5. The minimum absolute atomic E-state index is 0.00512. The molecule has 0 bridgehead atoms. The average Bonchev–Trinajstić information content (AvgIpc) is 2.35. The van der Waals surface area contributed by atoms with Crippen LogP contribution in [0, 0.1) is 16.0 Å². The molecule has 0 fully saturated rings. The van der Waals surface area contributed by atoms with Gasteiger partial charge in [0.1, 0.15) is 0 Å². The van der Waals surface area contributed by atoms with Crippen molar-refractivity contribution in [1.29, 1.82) is 0 Å². The number of hydrogen-bond donors (Lipinski definition) is 1. The highest BCUT2D eigenvalue weighted by atomic mass is 35.5. The van der Waals surface area contributed by atoms with Gasteiger partial charge >= 0.3 is 5.69 Å². The van der Waals surface area contributed by atoms with Crippen molar-refractivity contribution in [3.63, 3.8) is 0 Å². The topological polar surface area (TPSA) is 113 Å². The maximum atomic E-state index is 11.2. The number of halogens is 1. The van der Waals surface area contributed by atoms with E-state index >= 15 is 0 Å². The summed E-state index contributed by atoms with van der Waals surface area (Å²) in [5.41, 5.74) is -0.256. The maximum absolute atomic E-state index is 11.2. The molecule has 0 saturated heterocycles. The Balaban J connectivity index is 2.87. The van der Waals surface area contributed by atoms with Crippen LogP contribution in [0.3, 0.4) is 0 Å². The van der Waals surface area contributed by atoms with Crippen LogP contribution in [0.4, 0.5) is 5.69 Å². The largest absolute Gasteiger partial charge is 0.485 e. The maximum Gasteiger partial charge on any atom is 0.312 e. The highest BCUT2D eigenvalue weighted by Crippen LogP contribution is 2.34. The van der Waals surface area contributed by atoms with Crippen molar-refractivity contribution < 1.29 is 18.1 Å². The number of nitrogens with two attached hydrogens (primary N) is 1. The Morgan fingerprint density at radius 3 is 2.67 bits per heavy atom. The van der Waals surface area contributed by atoms with Gasteiger partial charge in [0.2, 0.25) is 15.8 Å². The molecule has 1 aromatic rings. The van der Waals surface area contributed by atoms with Crippen LogP contribution in [0.15, 0.2) is 18.2 Å². The van der Waals surface area contributed by atoms with E-state index in [-0.39, 0.29) is 34.7 Å². The fraction of sp³-hybridized carbons (Fsp3) is 0.500. The van der Waals surface area contributed by atoms with Crippen molar-refractivity contribution in [3.05, 3.63) is 33.3 Å². The zero-order chi connectivity index (χ0) is 16.0. The van der Waals surface area contributed by atoms with Crippen LogP contribution in [0.25, 0.3) is 0 Å². The summed E-state index contributed by atoms with van der Waals surface area (Å²) in [6.45, 7) is 1.89. The summed E-state index contributed by atoms with van der Waals surface area (Å²) in [5, 5.41) is 16.1. The predicted octanol–water partition coefficient (Wildman–Crippen LogP) is 2.33. The van der Waals surface area contributed by atoms with Gasteiger partial charge in [0.05, 0.1) is 22.3 Å². The third-order valence-corrected chi connectivity index (χ3v) is 4.00. The minimum atomic E-state index is -3.63. The first-order valence-electron chi connectivity index (χ1n) is 6.30. The van der Waals surface area contributed by atoms with Gasteiger partial charge in [-0.15, -0.1) is 0 Å². The Labute approximate surface area is 128 Å². The van der Waals surface area contributed by atoms with E-state index in [1.807, 2.05) is 6.92 Å². The monoisotopic (exact) mass is 336 g/mol. The highest BCUT2D eigenvalue weighted by Gasteiger charge is 2.21. The Kier molecular flexibility index (Phi) is 6.38. The quantitative estimate of drug-likeness (QED) is 0.578. The summed E-state index contributed by atoms with van der Waals surface area (Å²) in [6, 6.07) is 4.19. The van der Waals surface area contributed by atoms with E-state index in [9.17, 15) is 18.5 Å². The second-order valence-corrected chi connectivity index (χ2v) is 6.71. The van der Waals surface area contributed by atoms with Gasteiger partial charge in [0.25, 0.3) is 0 Å². The third kappa shape index (κ3) is 5.86. The third-order valence-electron chi connectivity index (χ3n) is 2.77. The Morgan fingerprint density at radius 2 is 2.14 bits per heavy atom. The van der Waals surface area contributed by atoms with Gasteiger partial charge in [-0.25, -0.2) is 13.6 Å². The summed E-state index contributed by atoms with van der Waals surface area (Å²) in [7, 11) is -3.63. The van der Waals surface area contributed by atoms with Gasteiger partial charge in [-0.2, -0.15) is 0 Å². The van der Waals surface area contributed by atoms with E-state index in [1.165, 1.54) is 18.2 Å². The molecule has 2 N–H and O–H groups in total. The van der Waals surface area contributed by atoms with Crippen LogP contribution in [0.1, 0.15) is 19.8 Å². The number of rotatable bonds is 8. The first kappa shape index (κ1) is 17.7. The van der Waals surface area contributed by atoms with Gasteiger partial charge in [-0.05, 0) is 12.5 Å². The number of hydrogen-bond acceptors (Lipinski definition) is 5. The molecule has 0 amide bonds. The van der Waals surface area contributed by atoms with Gasteiger partial charge in [-0.3, -0.25) is 10.1 Å². The second kappa shape index (κ2) is 7.58. The molecule has 0 aliphatic heterocycles. The summed E-state index contributed by atoms with van der Waals surface area (Å²) >= 11 is 5.89. The number of nitro benzene ring substituents is 1. The molecule has 0 aliphatic carbocycles. The van der Waals surface area contributed by atoms with Crippen LogP contribution in [0.2, 0.25) is 5.02 Å².